The Kier molecular flexibility index (Phi) is 3.19. The number of nitrogens with one attached hydrogen (secondary N) is 1. The molecule has 1 saturated carbocycles. The van der Waals surface area contributed by atoms with Gasteiger partial charge in [-0.15, -0.1) is 0 Å². The Morgan fingerprint density at radius 1 is 1.31 bits per heavy atom. The molecule has 76 valence electrons. The first kappa shape index (κ1) is 9.44. The largest absolute Gasteiger partial charge is 0.314 e. The zero-order chi connectivity index (χ0) is 9.10. The lowest BCUT2D eigenvalue weighted by atomic mass is 10.3. The first-order valence-electron chi connectivity index (χ1n) is 5.49. The van der Waals surface area contributed by atoms with Gasteiger partial charge in [-0.05, 0) is 19.9 Å². The molecular formula is C10H21N3. The van der Waals surface area contributed by atoms with E-state index in [2.05, 4.69) is 22.2 Å². The standard InChI is InChI=1S/C10H21N3/c1-12(10-2-3-10)8-9-13-6-4-11-5-7-13/h10-11H,2-9H2,1H3. The predicted octanol–water partition coefficient (Wildman–Crippen LogP) is -0.0142. The van der Waals surface area contributed by atoms with Crippen LogP contribution in [0, 0.1) is 0 Å². The van der Waals surface area contributed by atoms with Crippen molar-refractivity contribution in [2.24, 2.45) is 0 Å². The monoisotopic (exact) mass is 183 g/mol. The molecule has 2 rings (SSSR count). The predicted molar refractivity (Wildman–Crippen MR) is 55.0 cm³/mol. The second-order valence-electron chi connectivity index (χ2n) is 4.30. The Labute approximate surface area is 81.1 Å². The second-order valence-corrected chi connectivity index (χ2v) is 4.30. The highest BCUT2D eigenvalue weighted by atomic mass is 15.2. The number of hydrogen-bond acceptors (Lipinski definition) is 3. The zero-order valence-electron chi connectivity index (χ0n) is 8.63. The average Bonchev–Trinajstić information content (AvgIpc) is 2.99. The summed E-state index contributed by atoms with van der Waals surface area (Å²) in [6.45, 7) is 7.33. The van der Waals surface area contributed by atoms with Crippen LogP contribution in [-0.4, -0.2) is 62.2 Å². The summed E-state index contributed by atoms with van der Waals surface area (Å²) in [4.78, 5) is 5.08. The summed E-state index contributed by atoms with van der Waals surface area (Å²) in [5, 5.41) is 3.38. The number of piperazine rings is 1. The minimum atomic E-state index is 0.919. The molecule has 0 unspecified atom stereocenters. The van der Waals surface area contributed by atoms with Crippen LogP contribution in [0.2, 0.25) is 0 Å². The smallest absolute Gasteiger partial charge is 0.0110 e. The molecule has 0 aromatic rings. The highest BCUT2D eigenvalue weighted by molar-refractivity contribution is 4.83. The molecule has 13 heavy (non-hydrogen) atoms. The minimum absolute atomic E-state index is 0.919. The fraction of sp³-hybridized carbons (Fsp3) is 1.00. The van der Waals surface area contributed by atoms with Gasteiger partial charge in [-0.3, -0.25) is 4.90 Å². The van der Waals surface area contributed by atoms with Gasteiger partial charge in [-0.2, -0.15) is 0 Å². The van der Waals surface area contributed by atoms with Crippen molar-refractivity contribution >= 4 is 0 Å². The molecule has 1 N–H and O–H groups in total. The lowest BCUT2D eigenvalue weighted by Gasteiger charge is -2.29. The molecule has 0 spiro atoms. The van der Waals surface area contributed by atoms with Crippen molar-refractivity contribution in [1.82, 2.24) is 15.1 Å². The van der Waals surface area contributed by atoms with Crippen molar-refractivity contribution in [3.63, 3.8) is 0 Å². The van der Waals surface area contributed by atoms with Crippen LogP contribution in [0.25, 0.3) is 0 Å². The third kappa shape index (κ3) is 2.93. The van der Waals surface area contributed by atoms with E-state index in [1.54, 1.807) is 0 Å². The van der Waals surface area contributed by atoms with Gasteiger partial charge in [0.1, 0.15) is 0 Å². The Balaban J connectivity index is 1.60. The average molecular weight is 183 g/mol. The molecule has 0 atom stereocenters. The normalized spacial score (nSPS) is 25.4. The summed E-state index contributed by atoms with van der Waals surface area (Å²) in [6, 6.07) is 0.919. The van der Waals surface area contributed by atoms with Gasteiger partial charge in [-0.1, -0.05) is 0 Å². The van der Waals surface area contributed by atoms with Crippen molar-refractivity contribution < 1.29 is 0 Å². The summed E-state index contributed by atoms with van der Waals surface area (Å²) in [7, 11) is 2.26. The Hall–Kier alpha value is -0.120. The Morgan fingerprint density at radius 2 is 2.00 bits per heavy atom. The topological polar surface area (TPSA) is 18.5 Å². The zero-order valence-corrected chi connectivity index (χ0v) is 8.63. The van der Waals surface area contributed by atoms with Gasteiger partial charge in [0, 0.05) is 45.3 Å². The van der Waals surface area contributed by atoms with Gasteiger partial charge in [0.25, 0.3) is 0 Å². The Bertz CT molecular complexity index is 150. The molecule has 0 aromatic carbocycles. The lowest BCUT2D eigenvalue weighted by molar-refractivity contribution is 0.202. The van der Waals surface area contributed by atoms with Gasteiger partial charge in [0.05, 0.1) is 0 Å². The molecule has 1 aliphatic heterocycles. The van der Waals surface area contributed by atoms with E-state index in [9.17, 15) is 0 Å². The molecule has 0 bridgehead atoms. The van der Waals surface area contributed by atoms with E-state index >= 15 is 0 Å². The highest BCUT2D eigenvalue weighted by Gasteiger charge is 2.25. The summed E-state index contributed by atoms with van der Waals surface area (Å²) in [6.07, 6.45) is 2.86. The molecule has 0 amide bonds. The number of hydrogen-bond donors (Lipinski definition) is 1. The fourth-order valence-electron chi connectivity index (χ4n) is 1.93. The lowest BCUT2D eigenvalue weighted by Crippen LogP contribution is -2.46. The SMILES string of the molecule is CN(CCN1CCNCC1)C1CC1. The van der Waals surface area contributed by atoms with Crippen LogP contribution in [0.4, 0.5) is 0 Å². The van der Waals surface area contributed by atoms with Gasteiger partial charge < -0.3 is 10.2 Å². The summed E-state index contributed by atoms with van der Waals surface area (Å²) in [5.41, 5.74) is 0. The van der Waals surface area contributed by atoms with E-state index in [-0.39, 0.29) is 0 Å². The number of rotatable bonds is 4. The fourth-order valence-corrected chi connectivity index (χ4v) is 1.93. The first-order valence-corrected chi connectivity index (χ1v) is 5.49. The van der Waals surface area contributed by atoms with E-state index < -0.39 is 0 Å². The van der Waals surface area contributed by atoms with Gasteiger partial charge >= 0.3 is 0 Å². The molecule has 0 aromatic heterocycles. The highest BCUT2D eigenvalue weighted by Crippen LogP contribution is 2.24. The summed E-state index contributed by atoms with van der Waals surface area (Å²) < 4.78 is 0. The van der Waals surface area contributed by atoms with Crippen LogP contribution >= 0.6 is 0 Å². The summed E-state index contributed by atoms with van der Waals surface area (Å²) >= 11 is 0. The van der Waals surface area contributed by atoms with Crippen molar-refractivity contribution in [1.29, 1.82) is 0 Å². The minimum Gasteiger partial charge on any atom is -0.314 e. The second kappa shape index (κ2) is 4.40. The van der Waals surface area contributed by atoms with Crippen LogP contribution in [-0.2, 0) is 0 Å². The maximum absolute atomic E-state index is 3.38. The van der Waals surface area contributed by atoms with Crippen LogP contribution in [0.15, 0.2) is 0 Å². The molecule has 3 heteroatoms. The first-order chi connectivity index (χ1) is 6.36. The molecule has 1 heterocycles. The van der Waals surface area contributed by atoms with Crippen LogP contribution < -0.4 is 5.32 Å². The molecule has 2 fully saturated rings. The maximum atomic E-state index is 3.38. The molecule has 2 aliphatic rings. The van der Waals surface area contributed by atoms with Crippen LogP contribution in [0.5, 0.6) is 0 Å². The van der Waals surface area contributed by atoms with Crippen molar-refractivity contribution in [2.75, 3.05) is 46.3 Å². The van der Waals surface area contributed by atoms with Crippen molar-refractivity contribution in [2.45, 2.75) is 18.9 Å². The van der Waals surface area contributed by atoms with E-state index in [1.165, 1.54) is 52.1 Å². The number of likely N-dealkylation sites (N-methyl/N-ethyl adjacent to an activating group) is 1. The van der Waals surface area contributed by atoms with Crippen molar-refractivity contribution in [3.8, 4) is 0 Å². The van der Waals surface area contributed by atoms with Crippen molar-refractivity contribution in [3.05, 3.63) is 0 Å². The van der Waals surface area contributed by atoms with Crippen LogP contribution in [0.3, 0.4) is 0 Å². The van der Waals surface area contributed by atoms with Gasteiger partial charge in [0.15, 0.2) is 0 Å². The molecule has 1 aliphatic carbocycles. The third-order valence-electron chi connectivity index (χ3n) is 3.15. The molecule has 3 nitrogen and oxygen atoms in total. The van der Waals surface area contributed by atoms with Gasteiger partial charge in [-0.25, -0.2) is 0 Å². The molecule has 0 radical (unpaired) electrons. The quantitative estimate of drug-likeness (QED) is 0.661. The van der Waals surface area contributed by atoms with E-state index in [0.717, 1.165) is 6.04 Å². The van der Waals surface area contributed by atoms with E-state index in [1.807, 2.05) is 0 Å². The van der Waals surface area contributed by atoms with Gasteiger partial charge in [0.2, 0.25) is 0 Å². The summed E-state index contributed by atoms with van der Waals surface area (Å²) in [5.74, 6) is 0. The molecule has 1 saturated heterocycles. The van der Waals surface area contributed by atoms with Crippen LogP contribution in [0.1, 0.15) is 12.8 Å². The molecular weight excluding hydrogens is 162 g/mol. The van der Waals surface area contributed by atoms with E-state index in [4.69, 9.17) is 0 Å². The maximum Gasteiger partial charge on any atom is 0.0110 e. The number of nitrogens with zero attached hydrogens (tertiary/aromatic N) is 2. The third-order valence-corrected chi connectivity index (χ3v) is 3.15. The van der Waals surface area contributed by atoms with E-state index in [0.29, 0.717) is 0 Å². The Morgan fingerprint density at radius 3 is 2.62 bits per heavy atom.